The van der Waals surface area contributed by atoms with Crippen molar-refractivity contribution >= 4 is 34.7 Å². The van der Waals surface area contributed by atoms with Crippen molar-refractivity contribution in [1.29, 1.82) is 0 Å². The number of carboxylic acid groups (broad SMARTS) is 2. The quantitative estimate of drug-likeness (QED) is 0.370. The Kier molecular flexibility index (Phi) is 9.96. The molecule has 1 saturated heterocycles. The third kappa shape index (κ3) is 8.15. The molecule has 2 aromatic heterocycles. The van der Waals surface area contributed by atoms with E-state index in [1.54, 1.807) is 6.20 Å². The predicted molar refractivity (Wildman–Crippen MR) is 137 cm³/mol. The number of piperazine rings is 1. The van der Waals surface area contributed by atoms with Crippen LogP contribution in [-0.4, -0.2) is 96.4 Å². The summed E-state index contributed by atoms with van der Waals surface area (Å²) in [6.07, 6.45) is 4.21. The summed E-state index contributed by atoms with van der Waals surface area (Å²) in [6, 6.07) is 5.96. The number of hydrogen-bond donors (Lipinski definition) is 3. The van der Waals surface area contributed by atoms with E-state index in [2.05, 4.69) is 44.0 Å². The second-order valence-electron chi connectivity index (χ2n) is 8.77. The van der Waals surface area contributed by atoms with E-state index < -0.39 is 11.9 Å². The largest absolute Gasteiger partial charge is 0.478 e. The fourth-order valence-corrected chi connectivity index (χ4v) is 3.82. The molecule has 202 valence electrons. The Balaban J connectivity index is 0.000000436. The van der Waals surface area contributed by atoms with Crippen LogP contribution in [0.5, 0.6) is 0 Å². The normalized spacial score (nSPS) is 14.4. The first kappa shape index (κ1) is 28.3. The maximum Gasteiger partial charge on any atom is 0.328 e. The van der Waals surface area contributed by atoms with Gasteiger partial charge in [0.15, 0.2) is 5.65 Å². The minimum Gasteiger partial charge on any atom is -0.478 e. The van der Waals surface area contributed by atoms with Crippen molar-refractivity contribution in [2.24, 2.45) is 0 Å². The van der Waals surface area contributed by atoms with Crippen molar-refractivity contribution < 1.29 is 29.0 Å². The Labute approximate surface area is 218 Å². The van der Waals surface area contributed by atoms with E-state index in [-0.39, 0.29) is 11.7 Å². The lowest BCUT2D eigenvalue weighted by atomic mass is 10.2. The number of carbonyl (C=O) groups excluding carboxylic acids is 1. The van der Waals surface area contributed by atoms with E-state index in [0.717, 1.165) is 32.7 Å². The summed E-state index contributed by atoms with van der Waals surface area (Å²) in [5.41, 5.74) is 1.04. The van der Waals surface area contributed by atoms with Gasteiger partial charge in [0.25, 0.3) is 5.91 Å². The summed E-state index contributed by atoms with van der Waals surface area (Å²) in [7, 11) is 0. The lowest BCUT2D eigenvalue weighted by molar-refractivity contribution is -0.134. The van der Waals surface area contributed by atoms with Crippen LogP contribution in [0.1, 0.15) is 24.2 Å². The van der Waals surface area contributed by atoms with Gasteiger partial charge in [-0.05, 0) is 38.1 Å². The number of benzene rings is 1. The number of amides is 1. The van der Waals surface area contributed by atoms with Crippen molar-refractivity contribution in [3.05, 3.63) is 60.3 Å². The molecule has 0 aliphatic carbocycles. The lowest BCUT2D eigenvalue weighted by Gasteiger charge is -2.36. The third-order valence-corrected chi connectivity index (χ3v) is 5.91. The molecule has 4 rings (SSSR count). The third-order valence-electron chi connectivity index (χ3n) is 5.91. The second kappa shape index (κ2) is 13.4. The molecular weight excluding hydrogens is 497 g/mol. The number of carboxylic acids is 2. The summed E-state index contributed by atoms with van der Waals surface area (Å²) in [5.74, 6) is -2.86. The molecular formula is C25H30FN7O5. The molecule has 12 nitrogen and oxygen atoms in total. The van der Waals surface area contributed by atoms with Gasteiger partial charge in [0.05, 0.1) is 18.1 Å². The molecule has 1 fully saturated rings. The van der Waals surface area contributed by atoms with Crippen LogP contribution in [0, 0.1) is 5.82 Å². The number of carbonyl (C=O) groups is 3. The fraction of sp³-hybridized carbons (Fsp3) is 0.360. The van der Waals surface area contributed by atoms with Gasteiger partial charge in [-0.1, -0.05) is 0 Å². The highest BCUT2D eigenvalue weighted by molar-refractivity contribution is 6.07. The van der Waals surface area contributed by atoms with Crippen molar-refractivity contribution in [3.63, 3.8) is 0 Å². The number of fused-ring (bicyclic) bond motifs is 1. The minimum atomic E-state index is -1.26. The first-order valence-corrected chi connectivity index (χ1v) is 12.0. The number of nitrogens with zero attached hydrogens (tertiary/aromatic N) is 6. The molecule has 0 unspecified atom stereocenters. The van der Waals surface area contributed by atoms with Crippen LogP contribution in [0.3, 0.4) is 0 Å². The Bertz CT molecular complexity index is 1270. The van der Waals surface area contributed by atoms with Gasteiger partial charge in [0.1, 0.15) is 18.0 Å². The van der Waals surface area contributed by atoms with Gasteiger partial charge in [0.2, 0.25) is 0 Å². The van der Waals surface area contributed by atoms with Crippen molar-refractivity contribution in [2.75, 3.05) is 38.0 Å². The first-order valence-electron chi connectivity index (χ1n) is 12.0. The number of anilines is 1. The van der Waals surface area contributed by atoms with Crippen LogP contribution < -0.4 is 5.32 Å². The van der Waals surface area contributed by atoms with Gasteiger partial charge >= 0.3 is 11.9 Å². The zero-order valence-electron chi connectivity index (χ0n) is 21.1. The van der Waals surface area contributed by atoms with Gasteiger partial charge in [-0.15, -0.1) is 0 Å². The topological polar surface area (TPSA) is 154 Å². The number of rotatable bonds is 8. The lowest BCUT2D eigenvalue weighted by Crippen LogP contribution is -2.49. The van der Waals surface area contributed by atoms with Crippen molar-refractivity contribution in [2.45, 2.75) is 26.4 Å². The first-order chi connectivity index (χ1) is 18.1. The highest BCUT2D eigenvalue weighted by Crippen LogP contribution is 2.19. The smallest absolute Gasteiger partial charge is 0.328 e. The molecule has 1 aliphatic heterocycles. The monoisotopic (exact) mass is 527 g/mol. The molecule has 1 amide bonds. The Morgan fingerprint density at radius 2 is 1.63 bits per heavy atom. The van der Waals surface area contributed by atoms with E-state index in [4.69, 9.17) is 10.2 Å². The fourth-order valence-electron chi connectivity index (χ4n) is 3.82. The number of nitrogens with one attached hydrogen (secondary N) is 1. The number of aliphatic carboxylic acids is 2. The van der Waals surface area contributed by atoms with Gasteiger partial charge in [-0.3, -0.25) is 14.6 Å². The van der Waals surface area contributed by atoms with Gasteiger partial charge in [-0.25, -0.2) is 28.6 Å². The minimum absolute atomic E-state index is 0.356. The van der Waals surface area contributed by atoms with Crippen LogP contribution in [0.2, 0.25) is 0 Å². The molecule has 3 aromatic rings. The van der Waals surface area contributed by atoms with E-state index in [1.807, 2.05) is 4.68 Å². The Morgan fingerprint density at radius 3 is 2.21 bits per heavy atom. The molecule has 1 aromatic carbocycles. The highest BCUT2D eigenvalue weighted by Gasteiger charge is 2.19. The maximum absolute atomic E-state index is 13.1. The second-order valence-corrected chi connectivity index (χ2v) is 8.77. The summed E-state index contributed by atoms with van der Waals surface area (Å²) in [5, 5.41) is 23.5. The SMILES string of the molecule is CC(C)N1CCN(CCn2ncc3c(NC(=O)c4ccc(F)cc4)ncnc32)CC1.O=C(O)C=CC(=O)O. The van der Waals surface area contributed by atoms with Crippen LogP contribution in [0.15, 0.2) is 48.9 Å². The van der Waals surface area contributed by atoms with Crippen LogP contribution in [-0.2, 0) is 16.1 Å². The average molecular weight is 528 g/mol. The van der Waals surface area contributed by atoms with Gasteiger partial charge in [-0.2, -0.15) is 5.10 Å². The molecule has 3 N–H and O–H groups in total. The van der Waals surface area contributed by atoms with Gasteiger partial charge < -0.3 is 15.5 Å². The number of halogens is 1. The molecule has 0 spiro atoms. The van der Waals surface area contributed by atoms with Crippen LogP contribution in [0.4, 0.5) is 10.2 Å². The Morgan fingerprint density at radius 1 is 1.00 bits per heavy atom. The molecule has 0 radical (unpaired) electrons. The van der Waals surface area contributed by atoms with Crippen LogP contribution >= 0.6 is 0 Å². The molecule has 13 heteroatoms. The van der Waals surface area contributed by atoms with Crippen molar-refractivity contribution in [1.82, 2.24) is 29.5 Å². The Hall–Kier alpha value is -4.23. The number of hydrogen-bond acceptors (Lipinski definition) is 8. The molecule has 0 atom stereocenters. The van der Waals surface area contributed by atoms with E-state index >= 15 is 0 Å². The average Bonchev–Trinajstić information content (AvgIpc) is 3.31. The molecule has 3 heterocycles. The molecule has 0 saturated carbocycles. The zero-order chi connectivity index (χ0) is 27.7. The zero-order valence-corrected chi connectivity index (χ0v) is 21.1. The number of aromatic nitrogens is 4. The summed E-state index contributed by atoms with van der Waals surface area (Å²) in [4.78, 5) is 45.0. The van der Waals surface area contributed by atoms with Crippen LogP contribution in [0.25, 0.3) is 11.0 Å². The standard InChI is InChI=1S/C21H26FN7O.C4H4O4/c1-15(2)28-10-7-27(8-11-28)9-12-29-20-18(13-25-29)19(23-14-24-20)26-21(30)16-3-5-17(22)6-4-16;5-3(6)1-2-4(7)8/h3-6,13-15H,7-12H2,1-2H3,(H,23,24,26,30);1-2H,(H,5,6)(H,7,8). The predicted octanol–water partition coefficient (Wildman–Crippen LogP) is 1.96. The van der Waals surface area contributed by atoms with E-state index in [1.165, 1.54) is 30.6 Å². The van der Waals surface area contributed by atoms with Gasteiger partial charge in [0, 0.05) is 56.5 Å². The van der Waals surface area contributed by atoms with E-state index in [0.29, 0.717) is 47.2 Å². The van der Waals surface area contributed by atoms with E-state index in [9.17, 15) is 18.8 Å². The maximum atomic E-state index is 13.1. The summed E-state index contributed by atoms with van der Waals surface area (Å²) in [6.45, 7) is 10.3. The molecule has 38 heavy (non-hydrogen) atoms. The van der Waals surface area contributed by atoms with Crippen molar-refractivity contribution in [3.8, 4) is 0 Å². The molecule has 1 aliphatic rings. The summed E-state index contributed by atoms with van der Waals surface area (Å²) >= 11 is 0. The molecule has 0 bridgehead atoms. The highest BCUT2D eigenvalue weighted by atomic mass is 19.1. The summed E-state index contributed by atoms with van der Waals surface area (Å²) < 4.78 is 14.9.